The van der Waals surface area contributed by atoms with E-state index >= 15 is 0 Å². The number of benzene rings is 1. The SMILES string of the molecule is Cc1cc(-c2csc(NCc3ccc(F)cc3)n2)c(C)n1-c1ncn[nH]1. The number of H-pyrrole nitrogens is 1. The summed E-state index contributed by atoms with van der Waals surface area (Å²) in [7, 11) is 0. The van der Waals surface area contributed by atoms with E-state index in [2.05, 4.69) is 31.5 Å². The Kier molecular flexibility index (Phi) is 4.26. The van der Waals surface area contributed by atoms with Crippen LogP contribution in [0, 0.1) is 19.7 Å². The summed E-state index contributed by atoms with van der Waals surface area (Å²) in [5.74, 6) is 0.462. The summed E-state index contributed by atoms with van der Waals surface area (Å²) in [6.45, 7) is 4.67. The van der Waals surface area contributed by atoms with Gasteiger partial charge in [0.1, 0.15) is 12.1 Å². The van der Waals surface area contributed by atoms with E-state index in [0.717, 1.165) is 33.3 Å². The van der Waals surface area contributed by atoms with Crippen molar-refractivity contribution in [1.29, 1.82) is 0 Å². The molecule has 1 aromatic carbocycles. The van der Waals surface area contributed by atoms with Gasteiger partial charge < -0.3 is 5.32 Å². The average Bonchev–Trinajstić information content (AvgIpc) is 3.35. The molecular weight excluding hydrogens is 351 g/mol. The van der Waals surface area contributed by atoms with E-state index in [-0.39, 0.29) is 5.82 Å². The first-order chi connectivity index (χ1) is 12.6. The molecule has 0 atom stereocenters. The standard InChI is InChI=1S/C18H17FN6S/c1-11-7-15(12(2)25(11)17-21-10-22-24-17)16-9-26-18(23-16)20-8-13-3-5-14(19)6-4-13/h3-7,9-10H,8H2,1-2H3,(H,20,23)(H,21,22,24). The Hall–Kier alpha value is -3.00. The van der Waals surface area contributed by atoms with Gasteiger partial charge in [0, 0.05) is 28.9 Å². The Balaban J connectivity index is 1.55. The van der Waals surface area contributed by atoms with Gasteiger partial charge in [0.15, 0.2) is 5.13 Å². The first kappa shape index (κ1) is 16.5. The van der Waals surface area contributed by atoms with Crippen molar-refractivity contribution in [3.8, 4) is 17.2 Å². The molecule has 26 heavy (non-hydrogen) atoms. The molecule has 0 saturated heterocycles. The van der Waals surface area contributed by atoms with Crippen molar-refractivity contribution in [2.75, 3.05) is 5.32 Å². The highest BCUT2D eigenvalue weighted by atomic mass is 32.1. The van der Waals surface area contributed by atoms with Gasteiger partial charge in [-0.15, -0.1) is 11.3 Å². The van der Waals surface area contributed by atoms with Crippen LogP contribution in [-0.4, -0.2) is 24.7 Å². The Morgan fingerprint density at radius 2 is 2.04 bits per heavy atom. The molecule has 0 fully saturated rings. The van der Waals surface area contributed by atoms with E-state index in [0.29, 0.717) is 12.5 Å². The van der Waals surface area contributed by atoms with E-state index < -0.39 is 0 Å². The van der Waals surface area contributed by atoms with Gasteiger partial charge in [-0.05, 0) is 37.6 Å². The molecule has 6 nitrogen and oxygen atoms in total. The zero-order valence-corrected chi connectivity index (χ0v) is 15.1. The zero-order valence-electron chi connectivity index (χ0n) is 14.3. The zero-order chi connectivity index (χ0) is 18.1. The van der Waals surface area contributed by atoms with Gasteiger partial charge in [-0.25, -0.2) is 14.5 Å². The fourth-order valence-electron chi connectivity index (χ4n) is 2.91. The van der Waals surface area contributed by atoms with Crippen LogP contribution in [0.3, 0.4) is 0 Å². The molecule has 0 radical (unpaired) electrons. The lowest BCUT2D eigenvalue weighted by atomic mass is 10.2. The number of rotatable bonds is 5. The summed E-state index contributed by atoms with van der Waals surface area (Å²) >= 11 is 1.55. The van der Waals surface area contributed by atoms with Crippen LogP contribution < -0.4 is 5.32 Å². The largest absolute Gasteiger partial charge is 0.357 e. The summed E-state index contributed by atoms with van der Waals surface area (Å²) in [5, 5.41) is 13.0. The number of anilines is 1. The lowest BCUT2D eigenvalue weighted by Crippen LogP contribution is -2.01. The second-order valence-electron chi connectivity index (χ2n) is 5.95. The van der Waals surface area contributed by atoms with E-state index in [1.165, 1.54) is 18.5 Å². The molecule has 0 aliphatic heterocycles. The van der Waals surface area contributed by atoms with Crippen molar-refractivity contribution in [2.24, 2.45) is 0 Å². The smallest absolute Gasteiger partial charge is 0.229 e. The van der Waals surface area contributed by atoms with E-state index in [4.69, 9.17) is 0 Å². The van der Waals surface area contributed by atoms with E-state index in [9.17, 15) is 4.39 Å². The number of nitrogens with zero attached hydrogens (tertiary/aromatic N) is 4. The molecule has 3 heterocycles. The van der Waals surface area contributed by atoms with Gasteiger partial charge in [0.2, 0.25) is 5.95 Å². The monoisotopic (exact) mass is 368 g/mol. The molecule has 0 amide bonds. The van der Waals surface area contributed by atoms with Crippen LogP contribution in [0.25, 0.3) is 17.2 Å². The molecule has 0 saturated carbocycles. The van der Waals surface area contributed by atoms with Crippen molar-refractivity contribution >= 4 is 16.5 Å². The Bertz CT molecular complexity index is 1020. The van der Waals surface area contributed by atoms with Crippen LogP contribution in [0.2, 0.25) is 0 Å². The molecule has 0 unspecified atom stereocenters. The van der Waals surface area contributed by atoms with Gasteiger partial charge in [0.05, 0.1) is 5.69 Å². The number of thiazole rings is 1. The number of aromatic nitrogens is 5. The third-order valence-corrected chi connectivity index (χ3v) is 4.98. The average molecular weight is 368 g/mol. The quantitative estimate of drug-likeness (QED) is 0.557. The van der Waals surface area contributed by atoms with E-state index in [1.54, 1.807) is 23.5 Å². The van der Waals surface area contributed by atoms with Crippen LogP contribution >= 0.6 is 11.3 Å². The minimum atomic E-state index is -0.229. The van der Waals surface area contributed by atoms with Crippen LogP contribution in [0.5, 0.6) is 0 Å². The van der Waals surface area contributed by atoms with Gasteiger partial charge in [-0.1, -0.05) is 12.1 Å². The summed E-state index contributed by atoms with van der Waals surface area (Å²) in [4.78, 5) is 8.91. The number of hydrogen-bond donors (Lipinski definition) is 2. The Morgan fingerprint density at radius 3 is 2.77 bits per heavy atom. The lowest BCUT2D eigenvalue weighted by Gasteiger charge is -2.04. The van der Waals surface area contributed by atoms with Crippen molar-refractivity contribution in [1.82, 2.24) is 24.7 Å². The number of hydrogen-bond acceptors (Lipinski definition) is 5. The van der Waals surface area contributed by atoms with Crippen LogP contribution in [0.1, 0.15) is 17.0 Å². The highest BCUT2D eigenvalue weighted by Crippen LogP contribution is 2.31. The van der Waals surface area contributed by atoms with Gasteiger partial charge >= 0.3 is 0 Å². The summed E-state index contributed by atoms with van der Waals surface area (Å²) in [6, 6.07) is 8.55. The topological polar surface area (TPSA) is 71.4 Å². The highest BCUT2D eigenvalue weighted by Gasteiger charge is 2.16. The van der Waals surface area contributed by atoms with Crippen molar-refractivity contribution in [2.45, 2.75) is 20.4 Å². The number of halogens is 1. The normalized spacial score (nSPS) is 11.0. The minimum Gasteiger partial charge on any atom is -0.357 e. The molecule has 2 N–H and O–H groups in total. The molecule has 4 rings (SSSR count). The first-order valence-electron chi connectivity index (χ1n) is 8.10. The number of aryl methyl sites for hydroxylation is 1. The molecule has 0 bridgehead atoms. The third-order valence-electron chi connectivity index (χ3n) is 4.18. The molecule has 132 valence electrons. The van der Waals surface area contributed by atoms with Crippen LogP contribution in [-0.2, 0) is 6.54 Å². The predicted molar refractivity (Wildman–Crippen MR) is 100 cm³/mol. The molecular formula is C18H17FN6S. The molecule has 0 aliphatic rings. The maximum absolute atomic E-state index is 13.0. The summed E-state index contributed by atoms with van der Waals surface area (Å²) < 4.78 is 15.0. The number of nitrogens with one attached hydrogen (secondary N) is 2. The molecule has 8 heteroatoms. The van der Waals surface area contributed by atoms with Gasteiger partial charge in [-0.3, -0.25) is 4.57 Å². The van der Waals surface area contributed by atoms with E-state index in [1.807, 2.05) is 23.8 Å². The van der Waals surface area contributed by atoms with Crippen LogP contribution in [0.4, 0.5) is 9.52 Å². The number of aromatic amines is 1. The van der Waals surface area contributed by atoms with Crippen molar-refractivity contribution in [3.05, 3.63) is 64.8 Å². The van der Waals surface area contributed by atoms with Gasteiger partial charge in [-0.2, -0.15) is 10.1 Å². The van der Waals surface area contributed by atoms with Crippen molar-refractivity contribution in [3.63, 3.8) is 0 Å². The maximum atomic E-state index is 13.0. The fourth-order valence-corrected chi connectivity index (χ4v) is 3.62. The molecule has 3 aromatic heterocycles. The molecule has 0 aliphatic carbocycles. The molecule has 0 spiro atoms. The highest BCUT2D eigenvalue weighted by molar-refractivity contribution is 7.14. The third kappa shape index (κ3) is 3.11. The first-order valence-corrected chi connectivity index (χ1v) is 8.98. The summed E-state index contributed by atoms with van der Waals surface area (Å²) in [5.41, 5.74) is 5.09. The fraction of sp³-hybridized carbons (Fsp3) is 0.167. The summed E-state index contributed by atoms with van der Waals surface area (Å²) in [6.07, 6.45) is 1.49. The maximum Gasteiger partial charge on any atom is 0.229 e. The predicted octanol–water partition coefficient (Wildman–Crippen LogP) is 4.09. The van der Waals surface area contributed by atoms with Crippen LogP contribution in [0.15, 0.2) is 42.0 Å². The minimum absolute atomic E-state index is 0.229. The second-order valence-corrected chi connectivity index (χ2v) is 6.81. The Labute approximate surface area is 153 Å². The lowest BCUT2D eigenvalue weighted by molar-refractivity contribution is 0.627. The molecule has 4 aromatic rings. The van der Waals surface area contributed by atoms with Crippen molar-refractivity contribution < 1.29 is 4.39 Å². The van der Waals surface area contributed by atoms with Gasteiger partial charge in [0.25, 0.3) is 0 Å². The Morgan fingerprint density at radius 1 is 1.23 bits per heavy atom. The second kappa shape index (κ2) is 6.72.